The fourth-order valence-electron chi connectivity index (χ4n) is 4.26. The quantitative estimate of drug-likeness (QED) is 0.211. The molecule has 0 unspecified atom stereocenters. The number of nitrogens with zero attached hydrogens (tertiary/aromatic N) is 2. The number of Topliss-reactive ketones (excluding diaryl/α,β-unsaturated/α-hetero) is 1. The van der Waals surface area contributed by atoms with Gasteiger partial charge in [0.1, 0.15) is 5.69 Å². The molecule has 0 radical (unpaired) electrons. The van der Waals surface area contributed by atoms with Crippen LogP contribution >= 0.6 is 0 Å². The van der Waals surface area contributed by atoms with Gasteiger partial charge < -0.3 is 5.32 Å². The first-order valence-electron chi connectivity index (χ1n) is 12.2. The molecular weight excluding hydrogens is 474 g/mol. The van der Waals surface area contributed by atoms with E-state index in [9.17, 15) is 14.4 Å². The van der Waals surface area contributed by atoms with Gasteiger partial charge in [-0.1, -0.05) is 109 Å². The Bertz CT molecular complexity index is 1590. The van der Waals surface area contributed by atoms with Crippen molar-refractivity contribution in [1.82, 2.24) is 9.78 Å². The van der Waals surface area contributed by atoms with Crippen LogP contribution in [0.25, 0.3) is 11.3 Å². The number of anilines is 1. The SMILES string of the molecule is Cc1ccc(NC(=O)C(=O)c2c(C(=O)c3ccccc3)nn(Cc3ccccc3)c2-c2ccccc2)cc1. The smallest absolute Gasteiger partial charge is 0.296 e. The molecule has 5 rings (SSSR count). The van der Waals surface area contributed by atoms with Gasteiger partial charge in [0.2, 0.25) is 5.78 Å². The zero-order chi connectivity index (χ0) is 26.5. The van der Waals surface area contributed by atoms with Crippen LogP contribution in [0.1, 0.15) is 37.5 Å². The molecule has 38 heavy (non-hydrogen) atoms. The molecule has 0 aliphatic heterocycles. The zero-order valence-corrected chi connectivity index (χ0v) is 20.8. The summed E-state index contributed by atoms with van der Waals surface area (Å²) in [6.45, 7) is 2.25. The lowest BCUT2D eigenvalue weighted by atomic mass is 9.97. The molecule has 5 aromatic rings. The number of carbonyl (C=O) groups is 3. The molecule has 0 atom stereocenters. The molecule has 0 aliphatic rings. The van der Waals surface area contributed by atoms with Crippen LogP contribution in [-0.2, 0) is 11.3 Å². The molecule has 1 aromatic heterocycles. The number of ketones is 2. The standard InChI is InChI=1S/C32H25N3O3/c1-22-17-19-26(20-18-22)33-32(38)31(37)27-28(30(36)25-15-9-4-10-16-25)34-35(21-23-11-5-2-6-12-23)29(27)24-13-7-3-8-14-24/h2-20H,21H2,1H3,(H,33,38). The van der Waals surface area contributed by atoms with Gasteiger partial charge in [0.05, 0.1) is 17.8 Å². The van der Waals surface area contributed by atoms with Crippen molar-refractivity contribution in [2.75, 3.05) is 5.32 Å². The number of rotatable bonds is 8. The molecule has 1 N–H and O–H groups in total. The Kier molecular flexibility index (Phi) is 7.04. The molecule has 0 saturated heterocycles. The van der Waals surface area contributed by atoms with Crippen LogP contribution in [0.2, 0.25) is 0 Å². The minimum atomic E-state index is -0.840. The topological polar surface area (TPSA) is 81.1 Å². The van der Waals surface area contributed by atoms with E-state index in [1.54, 1.807) is 47.1 Å². The minimum Gasteiger partial charge on any atom is -0.319 e. The second-order valence-electron chi connectivity index (χ2n) is 8.93. The van der Waals surface area contributed by atoms with Gasteiger partial charge in [-0.3, -0.25) is 19.1 Å². The maximum absolute atomic E-state index is 13.8. The Morgan fingerprint density at radius 1 is 0.737 bits per heavy atom. The van der Waals surface area contributed by atoms with Crippen LogP contribution in [0.15, 0.2) is 115 Å². The van der Waals surface area contributed by atoms with Gasteiger partial charge in [-0.2, -0.15) is 5.10 Å². The summed E-state index contributed by atoms with van der Waals surface area (Å²) < 4.78 is 1.63. The van der Waals surface area contributed by atoms with Crippen molar-refractivity contribution in [3.63, 3.8) is 0 Å². The summed E-state index contributed by atoms with van der Waals surface area (Å²) in [4.78, 5) is 40.7. The molecule has 0 fully saturated rings. The van der Waals surface area contributed by atoms with Gasteiger partial charge >= 0.3 is 0 Å². The van der Waals surface area contributed by atoms with E-state index < -0.39 is 17.5 Å². The van der Waals surface area contributed by atoms with E-state index in [-0.39, 0.29) is 11.3 Å². The van der Waals surface area contributed by atoms with Crippen molar-refractivity contribution < 1.29 is 14.4 Å². The maximum Gasteiger partial charge on any atom is 0.296 e. The number of aromatic nitrogens is 2. The first-order valence-corrected chi connectivity index (χ1v) is 12.2. The molecule has 0 bridgehead atoms. The van der Waals surface area contributed by atoms with Crippen molar-refractivity contribution >= 4 is 23.2 Å². The number of benzene rings is 4. The van der Waals surface area contributed by atoms with Crippen molar-refractivity contribution in [2.45, 2.75) is 13.5 Å². The third kappa shape index (κ3) is 5.20. The number of hydrogen-bond donors (Lipinski definition) is 1. The van der Waals surface area contributed by atoms with Crippen molar-refractivity contribution in [3.8, 4) is 11.3 Å². The lowest BCUT2D eigenvalue weighted by Gasteiger charge is -2.10. The Hall–Kier alpha value is -5.10. The fraction of sp³-hybridized carbons (Fsp3) is 0.0625. The largest absolute Gasteiger partial charge is 0.319 e. The first-order chi connectivity index (χ1) is 18.5. The summed E-state index contributed by atoms with van der Waals surface area (Å²) in [5.74, 6) is -2.10. The van der Waals surface area contributed by atoms with Gasteiger partial charge in [0, 0.05) is 16.8 Å². The summed E-state index contributed by atoms with van der Waals surface area (Å²) >= 11 is 0. The van der Waals surface area contributed by atoms with Crippen LogP contribution in [0, 0.1) is 6.92 Å². The number of nitrogens with one attached hydrogen (secondary N) is 1. The van der Waals surface area contributed by atoms with E-state index in [2.05, 4.69) is 10.4 Å². The third-order valence-electron chi connectivity index (χ3n) is 6.17. The van der Waals surface area contributed by atoms with E-state index in [0.29, 0.717) is 29.1 Å². The summed E-state index contributed by atoms with van der Waals surface area (Å²) in [6, 6.07) is 34.6. The van der Waals surface area contributed by atoms with Crippen LogP contribution in [-0.4, -0.2) is 27.3 Å². The summed E-state index contributed by atoms with van der Waals surface area (Å²) in [5, 5.41) is 7.32. The molecule has 1 heterocycles. The number of aryl methyl sites for hydroxylation is 1. The van der Waals surface area contributed by atoms with E-state index in [0.717, 1.165) is 11.1 Å². The molecule has 6 nitrogen and oxygen atoms in total. The van der Waals surface area contributed by atoms with Crippen LogP contribution in [0.5, 0.6) is 0 Å². The van der Waals surface area contributed by atoms with Gasteiger partial charge in [0.15, 0.2) is 0 Å². The second kappa shape index (κ2) is 10.9. The Morgan fingerprint density at radius 3 is 1.95 bits per heavy atom. The molecule has 4 aromatic carbocycles. The number of hydrogen-bond acceptors (Lipinski definition) is 4. The molecule has 1 amide bonds. The molecule has 0 spiro atoms. The van der Waals surface area contributed by atoms with Gasteiger partial charge in [-0.25, -0.2) is 0 Å². The zero-order valence-electron chi connectivity index (χ0n) is 20.8. The molecule has 0 aliphatic carbocycles. The highest BCUT2D eigenvalue weighted by Crippen LogP contribution is 2.30. The van der Waals surface area contributed by atoms with E-state index in [1.807, 2.05) is 79.7 Å². The molecular formula is C32H25N3O3. The van der Waals surface area contributed by atoms with Crippen LogP contribution < -0.4 is 5.32 Å². The predicted molar refractivity (Wildman–Crippen MR) is 147 cm³/mol. The Balaban J connectivity index is 1.67. The maximum atomic E-state index is 13.8. The molecule has 0 saturated carbocycles. The summed E-state index contributed by atoms with van der Waals surface area (Å²) in [6.07, 6.45) is 0. The monoisotopic (exact) mass is 499 g/mol. The Morgan fingerprint density at radius 2 is 1.32 bits per heavy atom. The normalized spacial score (nSPS) is 10.7. The highest BCUT2D eigenvalue weighted by Gasteiger charge is 2.32. The van der Waals surface area contributed by atoms with Crippen molar-refractivity contribution in [1.29, 1.82) is 0 Å². The van der Waals surface area contributed by atoms with Crippen molar-refractivity contribution in [2.24, 2.45) is 0 Å². The lowest BCUT2D eigenvalue weighted by molar-refractivity contribution is -0.112. The van der Waals surface area contributed by atoms with E-state index in [1.165, 1.54) is 0 Å². The molecule has 6 heteroatoms. The highest BCUT2D eigenvalue weighted by molar-refractivity contribution is 6.48. The average molecular weight is 500 g/mol. The van der Waals surface area contributed by atoms with Gasteiger partial charge in [0.25, 0.3) is 11.7 Å². The number of carbonyl (C=O) groups excluding carboxylic acids is 3. The second-order valence-corrected chi connectivity index (χ2v) is 8.93. The van der Waals surface area contributed by atoms with E-state index in [4.69, 9.17) is 0 Å². The van der Waals surface area contributed by atoms with Crippen LogP contribution in [0.4, 0.5) is 5.69 Å². The van der Waals surface area contributed by atoms with Gasteiger partial charge in [-0.15, -0.1) is 0 Å². The fourth-order valence-corrected chi connectivity index (χ4v) is 4.26. The third-order valence-corrected chi connectivity index (χ3v) is 6.17. The first kappa shape index (κ1) is 24.6. The van der Waals surface area contributed by atoms with E-state index >= 15 is 0 Å². The average Bonchev–Trinajstić information content (AvgIpc) is 3.33. The van der Waals surface area contributed by atoms with Crippen molar-refractivity contribution in [3.05, 3.63) is 143 Å². The molecule has 186 valence electrons. The summed E-state index contributed by atoms with van der Waals surface area (Å²) in [7, 11) is 0. The summed E-state index contributed by atoms with van der Waals surface area (Å²) in [5.41, 5.74) is 3.84. The Labute approximate surface area is 220 Å². The highest BCUT2D eigenvalue weighted by atomic mass is 16.2. The van der Waals surface area contributed by atoms with Gasteiger partial charge in [-0.05, 0) is 24.6 Å². The number of amides is 1. The minimum absolute atomic E-state index is 0.0226. The lowest BCUT2D eigenvalue weighted by Crippen LogP contribution is -2.25. The predicted octanol–water partition coefficient (Wildman–Crippen LogP) is 5.96. The van der Waals surface area contributed by atoms with Crippen LogP contribution in [0.3, 0.4) is 0 Å².